The Bertz CT molecular complexity index is 486. The molecule has 3 nitrogen and oxygen atoms in total. The molecule has 0 spiro atoms. The number of rotatable bonds is 2. The zero-order valence-electron chi connectivity index (χ0n) is 9.66. The van der Waals surface area contributed by atoms with Gasteiger partial charge in [-0.25, -0.2) is 0 Å². The number of alkyl halides is 3. The molecule has 1 aliphatic heterocycles. The van der Waals surface area contributed by atoms with Gasteiger partial charge in [-0.05, 0) is 11.6 Å². The molecule has 0 radical (unpaired) electrons. The first-order valence-electron chi connectivity index (χ1n) is 5.37. The van der Waals surface area contributed by atoms with Crippen molar-refractivity contribution in [3.63, 3.8) is 0 Å². The maximum absolute atomic E-state index is 12.7. The summed E-state index contributed by atoms with van der Waals surface area (Å²) in [5, 5.41) is 9.37. The van der Waals surface area contributed by atoms with Crippen LogP contribution in [-0.2, 0) is 10.2 Å². The van der Waals surface area contributed by atoms with E-state index in [0.717, 1.165) is 4.90 Å². The quantitative estimate of drug-likeness (QED) is 0.880. The first-order chi connectivity index (χ1) is 8.32. The van der Waals surface area contributed by atoms with Gasteiger partial charge >= 0.3 is 6.18 Å². The molecular formula is C12H12F3NO2. The van der Waals surface area contributed by atoms with Crippen LogP contribution in [0.15, 0.2) is 24.3 Å². The van der Waals surface area contributed by atoms with Crippen LogP contribution in [-0.4, -0.2) is 30.8 Å². The summed E-state index contributed by atoms with van der Waals surface area (Å²) in [7, 11) is 1.41. The smallest absolute Gasteiger partial charge is 0.390 e. The van der Waals surface area contributed by atoms with Gasteiger partial charge < -0.3 is 10.0 Å². The standard InChI is InChI=1S/C12H12F3NO2/c1-16-9-5-3-2-4-8(9)11(7-17,10(16)18)6-12(13,14)15/h2-5,17H,6-7H2,1H3/t11-/m1/s1. The molecule has 1 aromatic carbocycles. The van der Waals surface area contributed by atoms with Crippen molar-refractivity contribution in [2.45, 2.75) is 18.0 Å². The SMILES string of the molecule is CN1C(=O)[C@@](CO)(CC(F)(F)F)c2ccccc21. The second kappa shape index (κ2) is 3.98. The summed E-state index contributed by atoms with van der Waals surface area (Å²) < 4.78 is 38.0. The van der Waals surface area contributed by atoms with Gasteiger partial charge in [0.1, 0.15) is 5.41 Å². The molecule has 6 heteroatoms. The molecule has 0 aliphatic carbocycles. The minimum absolute atomic E-state index is 0.234. The Labute approximate surface area is 102 Å². The van der Waals surface area contributed by atoms with Crippen LogP contribution in [0.2, 0.25) is 0 Å². The molecular weight excluding hydrogens is 247 g/mol. The van der Waals surface area contributed by atoms with E-state index in [9.17, 15) is 23.1 Å². The highest BCUT2D eigenvalue weighted by Crippen LogP contribution is 2.46. The Morgan fingerprint density at radius 2 is 1.94 bits per heavy atom. The van der Waals surface area contributed by atoms with E-state index in [0.29, 0.717) is 5.69 Å². The molecule has 1 N–H and O–H groups in total. The van der Waals surface area contributed by atoms with Crippen molar-refractivity contribution in [2.24, 2.45) is 0 Å². The van der Waals surface area contributed by atoms with E-state index in [1.165, 1.54) is 13.1 Å². The number of likely N-dealkylation sites (N-methyl/N-ethyl adjacent to an activating group) is 1. The molecule has 0 unspecified atom stereocenters. The lowest BCUT2D eigenvalue weighted by Gasteiger charge is -2.26. The van der Waals surface area contributed by atoms with Crippen molar-refractivity contribution >= 4 is 11.6 Å². The van der Waals surface area contributed by atoms with Crippen LogP contribution < -0.4 is 4.90 Å². The third-order valence-corrected chi connectivity index (χ3v) is 3.27. The van der Waals surface area contributed by atoms with Gasteiger partial charge in [0.05, 0.1) is 13.0 Å². The molecule has 18 heavy (non-hydrogen) atoms. The van der Waals surface area contributed by atoms with Gasteiger partial charge in [-0.2, -0.15) is 13.2 Å². The van der Waals surface area contributed by atoms with Crippen LogP contribution >= 0.6 is 0 Å². The van der Waals surface area contributed by atoms with E-state index in [1.807, 2.05) is 0 Å². The molecule has 98 valence electrons. The van der Waals surface area contributed by atoms with Crippen LogP contribution in [0.1, 0.15) is 12.0 Å². The number of aliphatic hydroxyl groups excluding tert-OH is 1. The number of fused-ring (bicyclic) bond motifs is 1. The predicted molar refractivity (Wildman–Crippen MR) is 59.3 cm³/mol. The zero-order valence-corrected chi connectivity index (χ0v) is 9.66. The molecule has 0 bridgehead atoms. The molecule has 1 aromatic rings. The number of nitrogens with zero attached hydrogens (tertiary/aromatic N) is 1. The van der Waals surface area contributed by atoms with Crippen molar-refractivity contribution in [3.8, 4) is 0 Å². The van der Waals surface area contributed by atoms with E-state index < -0.39 is 30.5 Å². The van der Waals surface area contributed by atoms with Gasteiger partial charge in [-0.15, -0.1) is 0 Å². The second-order valence-corrected chi connectivity index (χ2v) is 4.41. The number of benzene rings is 1. The maximum atomic E-state index is 12.7. The van der Waals surface area contributed by atoms with E-state index in [2.05, 4.69) is 0 Å². The lowest BCUT2D eigenvalue weighted by atomic mass is 9.79. The van der Waals surface area contributed by atoms with Crippen molar-refractivity contribution < 1.29 is 23.1 Å². The third kappa shape index (κ3) is 1.77. The largest absolute Gasteiger partial charge is 0.395 e. The molecule has 1 atom stereocenters. The van der Waals surface area contributed by atoms with E-state index >= 15 is 0 Å². The van der Waals surface area contributed by atoms with Crippen LogP contribution in [0.25, 0.3) is 0 Å². The number of aliphatic hydroxyl groups is 1. The second-order valence-electron chi connectivity index (χ2n) is 4.41. The molecule has 0 fully saturated rings. The van der Waals surface area contributed by atoms with Gasteiger partial charge in [0.25, 0.3) is 0 Å². The highest BCUT2D eigenvalue weighted by atomic mass is 19.4. The topological polar surface area (TPSA) is 40.5 Å². The van der Waals surface area contributed by atoms with Crippen molar-refractivity contribution in [1.82, 2.24) is 0 Å². The van der Waals surface area contributed by atoms with Gasteiger partial charge in [-0.1, -0.05) is 18.2 Å². The van der Waals surface area contributed by atoms with Crippen molar-refractivity contribution in [3.05, 3.63) is 29.8 Å². The third-order valence-electron chi connectivity index (χ3n) is 3.27. The number of amides is 1. The van der Waals surface area contributed by atoms with Crippen molar-refractivity contribution in [2.75, 3.05) is 18.6 Å². The molecule has 0 saturated heterocycles. The highest BCUT2D eigenvalue weighted by molar-refractivity contribution is 6.07. The number of para-hydroxylation sites is 1. The molecule has 1 heterocycles. The van der Waals surface area contributed by atoms with E-state index in [-0.39, 0.29) is 5.56 Å². The molecule has 1 amide bonds. The normalized spacial score (nSPS) is 23.4. The Balaban J connectivity index is 2.57. The fourth-order valence-corrected chi connectivity index (χ4v) is 2.44. The van der Waals surface area contributed by atoms with Crippen LogP contribution in [0, 0.1) is 0 Å². The minimum Gasteiger partial charge on any atom is -0.395 e. The lowest BCUT2D eigenvalue weighted by Crippen LogP contribution is -2.44. The Morgan fingerprint density at radius 1 is 1.33 bits per heavy atom. The van der Waals surface area contributed by atoms with E-state index in [1.54, 1.807) is 18.2 Å². The summed E-state index contributed by atoms with van der Waals surface area (Å²) in [6, 6.07) is 6.23. The average molecular weight is 259 g/mol. The Hall–Kier alpha value is -1.56. The number of hydrogen-bond acceptors (Lipinski definition) is 2. The molecule has 2 rings (SSSR count). The van der Waals surface area contributed by atoms with Crippen LogP contribution in [0.3, 0.4) is 0 Å². The van der Waals surface area contributed by atoms with Gasteiger partial charge in [-0.3, -0.25) is 4.79 Å². The highest BCUT2D eigenvalue weighted by Gasteiger charge is 2.54. The fraction of sp³-hybridized carbons (Fsp3) is 0.417. The van der Waals surface area contributed by atoms with Gasteiger partial charge in [0.2, 0.25) is 5.91 Å². The number of halogens is 3. The number of carbonyl (C=O) groups is 1. The number of carbonyl (C=O) groups excluding carboxylic acids is 1. The average Bonchev–Trinajstić information content (AvgIpc) is 2.51. The number of anilines is 1. The Morgan fingerprint density at radius 3 is 2.50 bits per heavy atom. The summed E-state index contributed by atoms with van der Waals surface area (Å²) in [5.41, 5.74) is -1.25. The summed E-state index contributed by atoms with van der Waals surface area (Å²) >= 11 is 0. The van der Waals surface area contributed by atoms with Gasteiger partial charge in [0, 0.05) is 12.7 Å². The summed E-state index contributed by atoms with van der Waals surface area (Å²) in [5.74, 6) is -0.719. The number of hydrogen-bond donors (Lipinski definition) is 1. The first-order valence-corrected chi connectivity index (χ1v) is 5.37. The predicted octanol–water partition coefficient (Wildman–Crippen LogP) is 1.85. The van der Waals surface area contributed by atoms with Crippen molar-refractivity contribution in [1.29, 1.82) is 0 Å². The molecule has 0 saturated carbocycles. The first kappa shape index (κ1) is 12.9. The van der Waals surface area contributed by atoms with Gasteiger partial charge in [0.15, 0.2) is 0 Å². The van der Waals surface area contributed by atoms with E-state index in [4.69, 9.17) is 0 Å². The maximum Gasteiger partial charge on any atom is 0.390 e. The summed E-state index contributed by atoms with van der Waals surface area (Å²) in [6.45, 7) is -0.854. The summed E-state index contributed by atoms with van der Waals surface area (Å²) in [4.78, 5) is 13.2. The van der Waals surface area contributed by atoms with Crippen LogP contribution in [0.5, 0.6) is 0 Å². The minimum atomic E-state index is -4.52. The molecule has 1 aliphatic rings. The Kier molecular flexibility index (Phi) is 2.85. The summed E-state index contributed by atoms with van der Waals surface area (Å²) in [6.07, 6.45) is -5.87. The fourth-order valence-electron chi connectivity index (χ4n) is 2.44. The molecule has 0 aromatic heterocycles. The van der Waals surface area contributed by atoms with Crippen LogP contribution in [0.4, 0.5) is 18.9 Å². The zero-order chi connectivity index (χ0) is 13.6. The lowest BCUT2D eigenvalue weighted by molar-refractivity contribution is -0.159. The monoisotopic (exact) mass is 259 g/mol.